The molecule has 1 aromatic rings. The first-order chi connectivity index (χ1) is 9.24. The zero-order valence-corrected chi connectivity index (χ0v) is 12.0. The number of halogens is 1. The Labute approximate surface area is 116 Å². The Bertz CT molecular complexity index is 394. The highest BCUT2D eigenvalue weighted by atomic mass is 19.1. The predicted molar refractivity (Wildman–Crippen MR) is 77.7 cm³/mol. The van der Waals surface area contributed by atoms with Crippen molar-refractivity contribution in [2.45, 2.75) is 32.7 Å². The van der Waals surface area contributed by atoms with Crippen molar-refractivity contribution >= 4 is 0 Å². The maximum absolute atomic E-state index is 13.8. The van der Waals surface area contributed by atoms with Crippen LogP contribution in [0.15, 0.2) is 24.3 Å². The van der Waals surface area contributed by atoms with Crippen LogP contribution < -0.4 is 5.32 Å². The Kier molecular flexibility index (Phi) is 5.34. The molecule has 1 saturated heterocycles. The molecule has 1 aliphatic rings. The van der Waals surface area contributed by atoms with Gasteiger partial charge in [0.1, 0.15) is 5.82 Å². The summed E-state index contributed by atoms with van der Waals surface area (Å²) in [6, 6.07) is 7.24. The molecule has 0 saturated carbocycles. The molecule has 2 atom stereocenters. The van der Waals surface area contributed by atoms with Crippen molar-refractivity contribution in [3.63, 3.8) is 0 Å². The Morgan fingerprint density at radius 1 is 1.37 bits per heavy atom. The van der Waals surface area contributed by atoms with E-state index >= 15 is 0 Å². The van der Waals surface area contributed by atoms with Crippen LogP contribution in [0.4, 0.5) is 4.39 Å². The van der Waals surface area contributed by atoms with E-state index in [-0.39, 0.29) is 11.9 Å². The minimum absolute atomic E-state index is 0.0940. The van der Waals surface area contributed by atoms with Gasteiger partial charge in [-0.05, 0) is 44.5 Å². The Hall–Kier alpha value is -0.930. The van der Waals surface area contributed by atoms with Crippen LogP contribution in [-0.4, -0.2) is 31.1 Å². The first-order valence-electron chi connectivity index (χ1n) is 7.44. The summed E-state index contributed by atoms with van der Waals surface area (Å²) in [5, 5.41) is 3.55. The lowest BCUT2D eigenvalue weighted by atomic mass is 10.0. The minimum Gasteiger partial charge on any atom is -0.310 e. The van der Waals surface area contributed by atoms with Crippen molar-refractivity contribution in [3.8, 4) is 0 Å². The topological polar surface area (TPSA) is 15.3 Å². The van der Waals surface area contributed by atoms with Gasteiger partial charge in [0.05, 0.1) is 0 Å². The average molecular weight is 264 g/mol. The largest absolute Gasteiger partial charge is 0.310 e. The highest BCUT2D eigenvalue weighted by Crippen LogP contribution is 2.21. The second-order valence-corrected chi connectivity index (χ2v) is 5.44. The highest BCUT2D eigenvalue weighted by Gasteiger charge is 2.22. The Morgan fingerprint density at radius 2 is 2.16 bits per heavy atom. The molecule has 19 heavy (non-hydrogen) atoms. The lowest BCUT2D eigenvalue weighted by Gasteiger charge is -2.21. The molecule has 1 heterocycles. The second kappa shape index (κ2) is 7.01. The predicted octanol–water partition coefficient (Wildman–Crippen LogP) is 3.21. The van der Waals surface area contributed by atoms with Gasteiger partial charge in [0.25, 0.3) is 0 Å². The smallest absolute Gasteiger partial charge is 0.127 e. The molecule has 1 N–H and O–H groups in total. The molecule has 1 aromatic carbocycles. The third-order valence-electron chi connectivity index (χ3n) is 4.16. The number of hydrogen-bond donors (Lipinski definition) is 1. The summed E-state index contributed by atoms with van der Waals surface area (Å²) < 4.78 is 13.8. The van der Waals surface area contributed by atoms with E-state index in [9.17, 15) is 4.39 Å². The third kappa shape index (κ3) is 3.77. The van der Waals surface area contributed by atoms with Crippen molar-refractivity contribution in [1.29, 1.82) is 0 Å². The molecule has 2 rings (SSSR count). The summed E-state index contributed by atoms with van der Waals surface area (Å²) >= 11 is 0. The molecule has 0 bridgehead atoms. The number of hydrogen-bond acceptors (Lipinski definition) is 2. The molecule has 0 amide bonds. The molecule has 2 nitrogen and oxygen atoms in total. The number of rotatable bonds is 6. The number of nitrogens with one attached hydrogen (secondary N) is 1. The van der Waals surface area contributed by atoms with Crippen LogP contribution in [0.1, 0.15) is 38.3 Å². The molecule has 0 aliphatic carbocycles. The minimum atomic E-state index is -0.0940. The highest BCUT2D eigenvalue weighted by molar-refractivity contribution is 5.21. The quantitative estimate of drug-likeness (QED) is 0.849. The molecule has 0 spiro atoms. The maximum Gasteiger partial charge on any atom is 0.127 e. The van der Waals surface area contributed by atoms with Crippen molar-refractivity contribution in [1.82, 2.24) is 10.2 Å². The molecular weight excluding hydrogens is 239 g/mol. The van der Waals surface area contributed by atoms with Crippen LogP contribution >= 0.6 is 0 Å². The van der Waals surface area contributed by atoms with E-state index in [2.05, 4.69) is 24.1 Å². The molecule has 1 fully saturated rings. The van der Waals surface area contributed by atoms with Crippen LogP contribution in [0.2, 0.25) is 0 Å². The first-order valence-corrected chi connectivity index (χ1v) is 7.44. The van der Waals surface area contributed by atoms with E-state index in [4.69, 9.17) is 0 Å². The summed E-state index contributed by atoms with van der Waals surface area (Å²) in [6.07, 6.45) is 2.18. The molecule has 2 unspecified atom stereocenters. The van der Waals surface area contributed by atoms with Gasteiger partial charge in [0.2, 0.25) is 0 Å². The van der Waals surface area contributed by atoms with Gasteiger partial charge in [-0.2, -0.15) is 0 Å². The van der Waals surface area contributed by atoms with Crippen LogP contribution in [0.5, 0.6) is 0 Å². The van der Waals surface area contributed by atoms with Gasteiger partial charge >= 0.3 is 0 Å². The van der Waals surface area contributed by atoms with E-state index in [0.29, 0.717) is 5.92 Å². The van der Waals surface area contributed by atoms with E-state index in [0.717, 1.165) is 25.1 Å². The lowest BCUT2D eigenvalue weighted by Crippen LogP contribution is -2.29. The average Bonchev–Trinajstić information content (AvgIpc) is 2.89. The summed E-state index contributed by atoms with van der Waals surface area (Å²) in [6.45, 7) is 8.84. The molecule has 3 heteroatoms. The standard InChI is InChI=1S/C16H25FN2/c1-3-16(14-7-5-6-8-15(14)17)18-11-13-9-10-19(4-2)12-13/h5-8,13,16,18H,3-4,9-12H2,1-2H3. The van der Waals surface area contributed by atoms with Crippen molar-refractivity contribution in [2.75, 3.05) is 26.2 Å². The zero-order valence-electron chi connectivity index (χ0n) is 12.0. The van der Waals surface area contributed by atoms with Gasteiger partial charge in [0.15, 0.2) is 0 Å². The summed E-state index contributed by atoms with van der Waals surface area (Å²) in [7, 11) is 0. The Morgan fingerprint density at radius 3 is 2.79 bits per heavy atom. The summed E-state index contributed by atoms with van der Waals surface area (Å²) in [5.41, 5.74) is 0.801. The van der Waals surface area contributed by atoms with Gasteiger partial charge in [0, 0.05) is 18.2 Å². The van der Waals surface area contributed by atoms with Crippen molar-refractivity contribution in [3.05, 3.63) is 35.6 Å². The first kappa shape index (κ1) is 14.5. The van der Waals surface area contributed by atoms with Gasteiger partial charge < -0.3 is 10.2 Å². The monoisotopic (exact) mass is 264 g/mol. The van der Waals surface area contributed by atoms with E-state index in [1.54, 1.807) is 12.1 Å². The number of nitrogens with zero attached hydrogens (tertiary/aromatic N) is 1. The van der Waals surface area contributed by atoms with E-state index < -0.39 is 0 Å². The number of likely N-dealkylation sites (tertiary alicyclic amines) is 1. The molecule has 1 aliphatic heterocycles. The van der Waals surface area contributed by atoms with Crippen molar-refractivity contribution in [2.24, 2.45) is 5.92 Å². The fraction of sp³-hybridized carbons (Fsp3) is 0.625. The van der Waals surface area contributed by atoms with Crippen LogP contribution in [-0.2, 0) is 0 Å². The van der Waals surface area contributed by atoms with Gasteiger partial charge in [-0.3, -0.25) is 0 Å². The summed E-state index contributed by atoms with van der Waals surface area (Å²) in [5.74, 6) is 0.615. The SMILES string of the molecule is CCC(NCC1CCN(CC)C1)c1ccccc1F. The summed E-state index contributed by atoms with van der Waals surface area (Å²) in [4.78, 5) is 2.48. The fourth-order valence-electron chi connectivity index (χ4n) is 2.91. The number of benzene rings is 1. The van der Waals surface area contributed by atoms with E-state index in [1.807, 2.05) is 12.1 Å². The molecule has 0 aromatic heterocycles. The Balaban J connectivity index is 1.88. The van der Waals surface area contributed by atoms with Crippen LogP contribution in [0.25, 0.3) is 0 Å². The maximum atomic E-state index is 13.8. The third-order valence-corrected chi connectivity index (χ3v) is 4.16. The van der Waals surface area contributed by atoms with Crippen molar-refractivity contribution < 1.29 is 4.39 Å². The zero-order chi connectivity index (χ0) is 13.7. The molecular formula is C16H25FN2. The second-order valence-electron chi connectivity index (χ2n) is 5.44. The normalized spacial score (nSPS) is 21.7. The van der Waals surface area contributed by atoms with Gasteiger partial charge in [-0.15, -0.1) is 0 Å². The van der Waals surface area contributed by atoms with Crippen LogP contribution in [0.3, 0.4) is 0 Å². The molecule has 0 radical (unpaired) electrons. The van der Waals surface area contributed by atoms with Gasteiger partial charge in [-0.1, -0.05) is 32.0 Å². The molecule has 106 valence electrons. The lowest BCUT2D eigenvalue weighted by molar-refractivity contribution is 0.333. The fourth-order valence-corrected chi connectivity index (χ4v) is 2.91. The van der Waals surface area contributed by atoms with Gasteiger partial charge in [-0.25, -0.2) is 4.39 Å². The van der Waals surface area contributed by atoms with Crippen LogP contribution in [0, 0.1) is 11.7 Å². The van der Waals surface area contributed by atoms with E-state index in [1.165, 1.54) is 19.5 Å².